The third-order valence-corrected chi connectivity index (χ3v) is 3.58. The molecule has 0 saturated heterocycles. The first-order valence-corrected chi connectivity index (χ1v) is 5.54. The topological polar surface area (TPSA) is 0 Å². The number of thioether (sulfide) groups is 2. The van der Waals surface area contributed by atoms with Crippen LogP contribution in [0.4, 0.5) is 0 Å². The first kappa shape index (κ1) is 19.3. The summed E-state index contributed by atoms with van der Waals surface area (Å²) < 4.78 is 1.53. The monoisotopic (exact) mass is 278 g/mol. The van der Waals surface area contributed by atoms with E-state index in [-0.39, 0.29) is 40.0 Å². The Hall–Kier alpha value is 1.69. The second-order valence-corrected chi connectivity index (χ2v) is 4.49. The van der Waals surface area contributed by atoms with Gasteiger partial charge in [-0.25, -0.2) is 4.58 Å². The minimum absolute atomic E-state index is 0. The van der Waals surface area contributed by atoms with Gasteiger partial charge in [0.25, 0.3) is 0 Å². The van der Waals surface area contributed by atoms with Crippen LogP contribution in [-0.2, 0) is 0 Å². The second-order valence-electron chi connectivity index (χ2n) is 1.76. The predicted molar refractivity (Wildman–Crippen MR) is 60.1 cm³/mol. The minimum Gasteiger partial charge on any atom is -1.00 e. The van der Waals surface area contributed by atoms with E-state index in [0.29, 0.717) is 0 Å². The molecule has 0 amide bonds. The zero-order valence-electron chi connectivity index (χ0n) is 7.81. The number of halogens is 1. The van der Waals surface area contributed by atoms with Crippen LogP contribution in [0.2, 0.25) is 0 Å². The molecule has 0 saturated carbocycles. The summed E-state index contributed by atoms with van der Waals surface area (Å²) in [7, 11) is 0. The van der Waals surface area contributed by atoms with Gasteiger partial charge in [0.1, 0.15) is 0 Å². The molecule has 0 nitrogen and oxygen atoms in total. The van der Waals surface area contributed by atoms with Crippen molar-refractivity contribution >= 4 is 46.6 Å². The fourth-order valence-corrected chi connectivity index (χ4v) is 2.48. The van der Waals surface area contributed by atoms with E-state index in [1.807, 2.05) is 29.6 Å². The van der Waals surface area contributed by atoms with Crippen LogP contribution in [0.15, 0.2) is 12.7 Å². The molecule has 0 aliphatic rings. The molecule has 0 N–H and O–H groups in total. The SMILES string of the molecule is C=CCS[C-](CC)SCC.[Br-].[Mg+2]. The Bertz CT molecular complexity index is 91.1. The molecule has 0 spiro atoms. The van der Waals surface area contributed by atoms with E-state index < -0.39 is 0 Å². The van der Waals surface area contributed by atoms with Gasteiger partial charge in [-0.2, -0.15) is 6.42 Å². The molecule has 0 fully saturated rings. The van der Waals surface area contributed by atoms with Crippen molar-refractivity contribution in [3.8, 4) is 0 Å². The minimum atomic E-state index is 0. The number of rotatable bonds is 6. The summed E-state index contributed by atoms with van der Waals surface area (Å²) in [5, 5.41) is 0. The Balaban J connectivity index is -0.000000405. The van der Waals surface area contributed by atoms with Gasteiger partial charge in [-0.1, -0.05) is 19.9 Å². The van der Waals surface area contributed by atoms with Crippen LogP contribution in [0.3, 0.4) is 0 Å². The Labute approximate surface area is 112 Å². The van der Waals surface area contributed by atoms with Crippen LogP contribution in [0.5, 0.6) is 0 Å². The molecule has 0 rings (SSSR count). The largest absolute Gasteiger partial charge is 2.00 e. The molecule has 0 aliphatic heterocycles. The van der Waals surface area contributed by atoms with Gasteiger partial charge >= 0.3 is 23.1 Å². The van der Waals surface area contributed by atoms with Crippen LogP contribution < -0.4 is 17.0 Å². The Morgan fingerprint density at radius 2 is 1.92 bits per heavy atom. The molecule has 0 aromatic heterocycles. The number of hydrogen-bond donors (Lipinski definition) is 0. The van der Waals surface area contributed by atoms with E-state index in [9.17, 15) is 0 Å². The van der Waals surface area contributed by atoms with E-state index in [1.54, 1.807) is 0 Å². The molecule has 0 unspecified atom stereocenters. The van der Waals surface area contributed by atoms with Gasteiger partial charge < -0.3 is 40.5 Å². The van der Waals surface area contributed by atoms with Crippen LogP contribution >= 0.6 is 23.5 Å². The Kier molecular flexibility index (Phi) is 24.4. The van der Waals surface area contributed by atoms with Gasteiger partial charge in [-0.3, -0.25) is 0 Å². The van der Waals surface area contributed by atoms with Gasteiger partial charge in [0.15, 0.2) is 0 Å². The Morgan fingerprint density at radius 3 is 2.25 bits per heavy atom. The summed E-state index contributed by atoms with van der Waals surface area (Å²) in [4.78, 5) is 0. The first-order chi connectivity index (χ1) is 4.85. The van der Waals surface area contributed by atoms with Crippen molar-refractivity contribution in [1.82, 2.24) is 0 Å². The second kappa shape index (κ2) is 15.2. The molecule has 0 aliphatic carbocycles. The van der Waals surface area contributed by atoms with Crippen molar-refractivity contribution in [2.45, 2.75) is 20.3 Å². The average molecular weight is 280 g/mol. The summed E-state index contributed by atoms with van der Waals surface area (Å²) in [6.07, 6.45) is 3.13. The van der Waals surface area contributed by atoms with Gasteiger partial charge in [0.2, 0.25) is 0 Å². The molecule has 12 heavy (non-hydrogen) atoms. The number of hydrogen-bond acceptors (Lipinski definition) is 2. The summed E-state index contributed by atoms with van der Waals surface area (Å²) in [5.74, 6) is 2.24. The molecular weight excluding hydrogens is 264 g/mol. The third-order valence-electron chi connectivity index (χ3n) is 0.956. The summed E-state index contributed by atoms with van der Waals surface area (Å²) >= 11 is 3.86. The van der Waals surface area contributed by atoms with Crippen molar-refractivity contribution in [3.63, 3.8) is 0 Å². The third kappa shape index (κ3) is 11.7. The van der Waals surface area contributed by atoms with Crippen LogP contribution in [-0.4, -0.2) is 34.6 Å². The molecule has 0 bridgehead atoms. The standard InChI is InChI=1S/C8H15S2.BrH.Mg/c1-4-7-10-8(5-2)9-6-3;;/h4H,1,5-7H2,2-3H3;1H;/q-1;;+2/p-1. The van der Waals surface area contributed by atoms with Gasteiger partial charge in [0, 0.05) is 0 Å². The summed E-state index contributed by atoms with van der Waals surface area (Å²) in [6.45, 7) is 8.08. The smallest absolute Gasteiger partial charge is 1.00 e. The van der Waals surface area contributed by atoms with E-state index in [1.165, 1.54) is 16.8 Å². The zero-order chi connectivity index (χ0) is 7.82. The molecule has 68 valence electrons. The average Bonchev–Trinajstić information content (AvgIpc) is 1.98. The predicted octanol–water partition coefficient (Wildman–Crippen LogP) is 0.181. The summed E-state index contributed by atoms with van der Waals surface area (Å²) in [6, 6.07) is 0. The van der Waals surface area contributed by atoms with E-state index in [0.717, 1.165) is 5.75 Å². The van der Waals surface area contributed by atoms with Crippen molar-refractivity contribution in [2.24, 2.45) is 0 Å². The van der Waals surface area contributed by atoms with Crippen LogP contribution in [0.1, 0.15) is 20.3 Å². The van der Waals surface area contributed by atoms with E-state index in [4.69, 9.17) is 0 Å². The van der Waals surface area contributed by atoms with Crippen molar-refractivity contribution < 1.29 is 17.0 Å². The maximum Gasteiger partial charge on any atom is 2.00 e. The molecular formula is C8H15BrMgS2. The fourth-order valence-electron chi connectivity index (χ4n) is 0.559. The van der Waals surface area contributed by atoms with E-state index >= 15 is 0 Å². The van der Waals surface area contributed by atoms with Crippen molar-refractivity contribution in [1.29, 1.82) is 0 Å². The molecule has 4 heteroatoms. The van der Waals surface area contributed by atoms with Crippen LogP contribution in [0, 0.1) is 4.58 Å². The van der Waals surface area contributed by atoms with Gasteiger partial charge in [-0.15, -0.1) is 6.58 Å². The molecule has 0 aromatic rings. The maximum absolute atomic E-state index is 3.68. The quantitative estimate of drug-likeness (QED) is 0.387. The zero-order valence-corrected chi connectivity index (χ0v) is 12.4. The van der Waals surface area contributed by atoms with E-state index in [2.05, 4.69) is 20.4 Å². The fraction of sp³-hybridized carbons (Fsp3) is 0.625. The summed E-state index contributed by atoms with van der Waals surface area (Å²) in [5.41, 5.74) is 0. The molecule has 0 radical (unpaired) electrons. The van der Waals surface area contributed by atoms with Crippen molar-refractivity contribution in [3.05, 3.63) is 17.2 Å². The Morgan fingerprint density at radius 1 is 1.33 bits per heavy atom. The molecule has 0 aromatic carbocycles. The maximum atomic E-state index is 3.68. The molecule has 0 atom stereocenters. The molecule has 0 heterocycles. The van der Waals surface area contributed by atoms with Gasteiger partial charge in [-0.05, 0) is 11.5 Å². The first-order valence-electron chi connectivity index (χ1n) is 3.57. The van der Waals surface area contributed by atoms with Gasteiger partial charge in [0.05, 0.1) is 0 Å². The normalized spacial score (nSPS) is 8.58. The van der Waals surface area contributed by atoms with Crippen LogP contribution in [0.25, 0.3) is 0 Å². The van der Waals surface area contributed by atoms with Crippen molar-refractivity contribution in [2.75, 3.05) is 11.5 Å².